The molecule has 112 valence electrons. The van der Waals surface area contributed by atoms with Crippen molar-refractivity contribution >= 4 is 23.9 Å². The second kappa shape index (κ2) is 15.5. The summed E-state index contributed by atoms with van der Waals surface area (Å²) in [5.41, 5.74) is 0.784. The van der Waals surface area contributed by atoms with Crippen molar-refractivity contribution in [2.45, 2.75) is 0 Å². The number of ether oxygens (including phenoxy) is 1. The molecule has 0 atom stereocenters. The summed E-state index contributed by atoms with van der Waals surface area (Å²) in [6.07, 6.45) is -3.10. The Hall–Kier alpha value is -0.00727. The molecule has 23 heavy (non-hydrogen) atoms. The van der Waals surface area contributed by atoms with Crippen molar-refractivity contribution in [3.8, 4) is 6.07 Å². The number of carbonyl (C=O) groups excluding carboxylic acids is 2. The quantitative estimate of drug-likeness (QED) is 0.513. The summed E-state index contributed by atoms with van der Waals surface area (Å²) in [6, 6.07) is 7.88. The number of carbonyl (C=O) groups is 3. The largest absolute Gasteiger partial charge is 1.00 e. The first-order chi connectivity index (χ1) is 9.81. The van der Waals surface area contributed by atoms with Crippen LogP contribution in [0, 0.1) is 11.3 Å². The number of hydrogen-bond donors (Lipinski definition) is 1. The molecule has 0 bridgehead atoms. The van der Waals surface area contributed by atoms with Crippen LogP contribution in [0.2, 0.25) is 0 Å². The van der Waals surface area contributed by atoms with Gasteiger partial charge in [0.15, 0.2) is 0 Å². The smallest absolute Gasteiger partial charge is 0.652 e. The Bertz CT molecular complexity index is 554. The van der Waals surface area contributed by atoms with E-state index in [-0.39, 0.29) is 103 Å². The van der Waals surface area contributed by atoms with Crippen LogP contribution in [0.1, 0.15) is 5.56 Å². The van der Waals surface area contributed by atoms with E-state index in [0.717, 1.165) is 4.90 Å². The van der Waals surface area contributed by atoms with Gasteiger partial charge >= 0.3 is 115 Å². The van der Waals surface area contributed by atoms with Gasteiger partial charge in [0.1, 0.15) is 6.54 Å². The first-order valence-corrected chi connectivity index (χ1v) is 5.27. The number of amides is 1. The minimum atomic E-state index is -2.33. The van der Waals surface area contributed by atoms with Crippen molar-refractivity contribution in [3.05, 3.63) is 29.8 Å². The number of nitriles is 1. The number of nitrogens with zero attached hydrogens (tertiary/aromatic N) is 2. The fourth-order valence-electron chi connectivity index (χ4n) is 1.22. The molecule has 0 saturated carbocycles. The standard InChI is InChI=1S/C11H10N2O4.CH2O3.2K/c1-17-11(16)13(7-10(14)15)9-4-2-8(6-12)3-5-9;2-1(3)4;;/h2-5H,7H2,1H3,(H,14,15);(H2,2,3,4);;/q;;2*+1/p-2. The molecule has 9 nitrogen and oxygen atoms in total. The van der Waals surface area contributed by atoms with Crippen molar-refractivity contribution in [1.29, 1.82) is 5.26 Å². The molecular weight excluding hydrogens is 362 g/mol. The second-order valence-electron chi connectivity index (χ2n) is 3.36. The zero-order valence-electron chi connectivity index (χ0n) is 12.8. The van der Waals surface area contributed by atoms with E-state index in [2.05, 4.69) is 4.74 Å². The van der Waals surface area contributed by atoms with Gasteiger partial charge < -0.3 is 24.9 Å². The Morgan fingerprint density at radius 1 is 1.22 bits per heavy atom. The van der Waals surface area contributed by atoms with Crippen LogP contribution >= 0.6 is 0 Å². The van der Waals surface area contributed by atoms with E-state index in [0.29, 0.717) is 11.3 Å². The van der Waals surface area contributed by atoms with Crippen molar-refractivity contribution in [3.63, 3.8) is 0 Å². The van der Waals surface area contributed by atoms with Crippen molar-refractivity contribution in [2.24, 2.45) is 0 Å². The fourth-order valence-corrected chi connectivity index (χ4v) is 1.22. The predicted octanol–water partition coefficient (Wildman–Crippen LogP) is -7.22. The number of aliphatic carboxylic acids is 1. The summed E-state index contributed by atoms with van der Waals surface area (Å²) in [5, 5.41) is 34.0. The molecule has 1 amide bonds. The van der Waals surface area contributed by atoms with Crippen LogP contribution in [0.5, 0.6) is 0 Å². The zero-order chi connectivity index (χ0) is 16.4. The number of carboxylic acids is 1. The molecule has 1 aromatic carbocycles. The van der Waals surface area contributed by atoms with Gasteiger partial charge in [-0.05, 0) is 30.4 Å². The molecule has 0 aliphatic rings. The van der Waals surface area contributed by atoms with Crippen molar-refractivity contribution in [2.75, 3.05) is 18.6 Å². The first kappa shape index (κ1) is 27.8. The molecule has 1 rings (SSSR count). The van der Waals surface area contributed by atoms with Crippen LogP contribution in [0.4, 0.5) is 15.3 Å². The van der Waals surface area contributed by atoms with Gasteiger partial charge in [-0.3, -0.25) is 9.69 Å². The molecule has 0 aromatic heterocycles. The molecule has 1 N–H and O–H groups in total. The van der Waals surface area contributed by atoms with Gasteiger partial charge in [0.25, 0.3) is 0 Å². The van der Waals surface area contributed by atoms with E-state index in [1.54, 1.807) is 0 Å². The Kier molecular flexibility index (Phi) is 18.8. The molecule has 0 aliphatic carbocycles. The normalized spacial score (nSPS) is 7.83. The van der Waals surface area contributed by atoms with Crippen LogP contribution in [0.3, 0.4) is 0 Å². The van der Waals surface area contributed by atoms with Crippen LogP contribution in [-0.2, 0) is 9.53 Å². The van der Waals surface area contributed by atoms with E-state index < -0.39 is 24.8 Å². The average molecular weight is 372 g/mol. The maximum Gasteiger partial charge on any atom is 1.00 e. The van der Waals surface area contributed by atoms with Crippen molar-refractivity contribution in [1.82, 2.24) is 0 Å². The molecule has 0 saturated heterocycles. The third kappa shape index (κ3) is 13.0. The zero-order valence-corrected chi connectivity index (χ0v) is 19.1. The third-order valence-corrected chi connectivity index (χ3v) is 2.00. The van der Waals surface area contributed by atoms with Crippen LogP contribution < -0.4 is 118 Å². The summed E-state index contributed by atoms with van der Waals surface area (Å²) in [5.74, 6) is -1.15. The van der Waals surface area contributed by atoms with Crippen LogP contribution in [-0.4, -0.2) is 37.0 Å². The summed E-state index contributed by atoms with van der Waals surface area (Å²) in [7, 11) is 1.17. The molecule has 0 unspecified atom stereocenters. The summed E-state index contributed by atoms with van der Waals surface area (Å²) in [6.45, 7) is -0.501. The maximum atomic E-state index is 11.4. The second-order valence-corrected chi connectivity index (χ2v) is 3.36. The number of methoxy groups -OCH3 is 1. The van der Waals surface area contributed by atoms with Gasteiger partial charge in [0, 0.05) is 5.69 Å². The molecule has 0 fully saturated rings. The van der Waals surface area contributed by atoms with Gasteiger partial charge in [-0.2, -0.15) is 5.26 Å². The van der Waals surface area contributed by atoms with Gasteiger partial charge in [0.2, 0.25) is 0 Å². The monoisotopic (exact) mass is 372 g/mol. The van der Waals surface area contributed by atoms with Crippen molar-refractivity contribution < 1.29 is 137 Å². The molecule has 0 aliphatic heterocycles. The van der Waals surface area contributed by atoms with E-state index in [1.165, 1.54) is 31.4 Å². The number of hydrogen-bond acceptors (Lipinski definition) is 7. The average Bonchev–Trinajstić information content (AvgIpc) is 2.43. The molecule has 0 heterocycles. The van der Waals surface area contributed by atoms with E-state index >= 15 is 0 Å². The Morgan fingerprint density at radius 2 is 1.65 bits per heavy atom. The minimum Gasteiger partial charge on any atom is -0.652 e. The molecule has 0 spiro atoms. The van der Waals surface area contributed by atoms with Gasteiger partial charge in [-0.15, -0.1) is 0 Å². The number of anilines is 1. The molecule has 11 heteroatoms. The number of benzene rings is 1. The molecule has 0 radical (unpaired) electrons. The predicted molar refractivity (Wildman–Crippen MR) is 63.9 cm³/mol. The van der Waals surface area contributed by atoms with Crippen LogP contribution in [0.15, 0.2) is 24.3 Å². The Morgan fingerprint density at radius 3 is 1.96 bits per heavy atom. The van der Waals surface area contributed by atoms with E-state index in [9.17, 15) is 9.59 Å². The van der Waals surface area contributed by atoms with E-state index in [4.69, 9.17) is 25.4 Å². The van der Waals surface area contributed by atoms with Gasteiger partial charge in [-0.25, -0.2) is 4.79 Å². The SMILES string of the molecule is COC(=O)N(CC(=O)O)c1ccc(C#N)cc1.O=C([O-])[O-].[K+].[K+]. The maximum absolute atomic E-state index is 11.4. The van der Waals surface area contributed by atoms with Crippen LogP contribution in [0.25, 0.3) is 0 Å². The number of rotatable bonds is 3. The Labute approximate surface area is 217 Å². The third-order valence-electron chi connectivity index (χ3n) is 2.00. The fraction of sp³-hybridized carbons (Fsp3) is 0.167. The summed E-state index contributed by atoms with van der Waals surface area (Å²) < 4.78 is 4.48. The number of carboxylic acid groups (broad SMARTS) is 3. The summed E-state index contributed by atoms with van der Waals surface area (Å²) in [4.78, 5) is 31.3. The van der Waals surface area contributed by atoms with E-state index in [1.807, 2.05) is 6.07 Å². The Balaban J connectivity index is -0.000000598. The molecular formula is C12H10K2N2O7. The minimum absolute atomic E-state index is 0. The first-order valence-electron chi connectivity index (χ1n) is 5.27. The topological polar surface area (TPSA) is 154 Å². The van der Waals surface area contributed by atoms with Gasteiger partial charge in [0.05, 0.1) is 18.7 Å². The summed E-state index contributed by atoms with van der Waals surface area (Å²) >= 11 is 0. The molecule has 1 aromatic rings. The van der Waals surface area contributed by atoms with Gasteiger partial charge in [-0.1, -0.05) is 0 Å².